The number of amides is 2. The molecule has 1 aromatic rings. The minimum absolute atomic E-state index is 0.0476. The van der Waals surface area contributed by atoms with Gasteiger partial charge in [0.2, 0.25) is 11.8 Å². The van der Waals surface area contributed by atoms with Gasteiger partial charge in [0.05, 0.1) is 0 Å². The average molecular weight is 316 g/mol. The van der Waals surface area contributed by atoms with Crippen molar-refractivity contribution in [3.05, 3.63) is 35.9 Å². The van der Waals surface area contributed by atoms with Gasteiger partial charge in [-0.2, -0.15) is 0 Å². The molecule has 1 fully saturated rings. The highest BCUT2D eigenvalue weighted by atomic mass is 16.2. The SMILES string of the molecule is CCC(C)NC(=O)C1CCC(C(=O)NCc2ccccc2)CC1. The summed E-state index contributed by atoms with van der Waals surface area (Å²) in [5.74, 6) is 0.394. The summed E-state index contributed by atoms with van der Waals surface area (Å²) in [6, 6.07) is 10.2. The van der Waals surface area contributed by atoms with Gasteiger partial charge in [0.25, 0.3) is 0 Å². The van der Waals surface area contributed by atoms with Crippen molar-refractivity contribution in [1.29, 1.82) is 0 Å². The molecule has 4 heteroatoms. The molecule has 0 heterocycles. The molecule has 1 aliphatic rings. The van der Waals surface area contributed by atoms with Crippen LogP contribution in [0.25, 0.3) is 0 Å². The van der Waals surface area contributed by atoms with Gasteiger partial charge in [0.1, 0.15) is 0 Å². The van der Waals surface area contributed by atoms with E-state index in [4.69, 9.17) is 0 Å². The standard InChI is InChI=1S/C19H28N2O2/c1-3-14(2)21-19(23)17-11-9-16(10-12-17)18(22)20-13-15-7-5-4-6-8-15/h4-8,14,16-17H,3,9-13H2,1-2H3,(H,20,22)(H,21,23). The van der Waals surface area contributed by atoms with Crippen molar-refractivity contribution < 1.29 is 9.59 Å². The molecule has 23 heavy (non-hydrogen) atoms. The zero-order valence-corrected chi connectivity index (χ0v) is 14.2. The van der Waals surface area contributed by atoms with Crippen LogP contribution < -0.4 is 10.6 Å². The Kier molecular flexibility index (Phi) is 6.63. The fraction of sp³-hybridized carbons (Fsp3) is 0.579. The van der Waals surface area contributed by atoms with Crippen molar-refractivity contribution in [2.75, 3.05) is 0 Å². The van der Waals surface area contributed by atoms with Gasteiger partial charge in [-0.3, -0.25) is 9.59 Å². The number of rotatable bonds is 6. The average Bonchev–Trinajstić information content (AvgIpc) is 2.60. The summed E-state index contributed by atoms with van der Waals surface area (Å²) in [4.78, 5) is 24.4. The molecule has 0 aliphatic heterocycles. The Labute approximate surface area is 139 Å². The smallest absolute Gasteiger partial charge is 0.223 e. The molecule has 1 aromatic carbocycles. The molecule has 126 valence electrons. The van der Waals surface area contributed by atoms with E-state index in [1.807, 2.05) is 37.3 Å². The van der Waals surface area contributed by atoms with Gasteiger partial charge < -0.3 is 10.6 Å². The quantitative estimate of drug-likeness (QED) is 0.847. The van der Waals surface area contributed by atoms with Gasteiger partial charge in [0.15, 0.2) is 0 Å². The number of carbonyl (C=O) groups is 2. The molecule has 0 radical (unpaired) electrons. The second-order valence-corrected chi connectivity index (χ2v) is 6.57. The van der Waals surface area contributed by atoms with Crippen LogP contribution in [0, 0.1) is 11.8 Å². The molecule has 1 atom stereocenters. The van der Waals surface area contributed by atoms with Crippen LogP contribution in [-0.4, -0.2) is 17.9 Å². The summed E-state index contributed by atoms with van der Waals surface area (Å²) < 4.78 is 0. The van der Waals surface area contributed by atoms with Crippen molar-refractivity contribution in [1.82, 2.24) is 10.6 Å². The lowest BCUT2D eigenvalue weighted by atomic mass is 9.81. The van der Waals surface area contributed by atoms with Crippen molar-refractivity contribution >= 4 is 11.8 Å². The molecule has 2 N–H and O–H groups in total. The molecule has 0 aromatic heterocycles. The van der Waals surface area contributed by atoms with E-state index in [1.54, 1.807) is 0 Å². The van der Waals surface area contributed by atoms with Crippen molar-refractivity contribution in [2.24, 2.45) is 11.8 Å². The van der Waals surface area contributed by atoms with Crippen molar-refractivity contribution in [2.45, 2.75) is 58.5 Å². The Morgan fingerprint density at radius 3 is 2.17 bits per heavy atom. The van der Waals surface area contributed by atoms with Crippen LogP contribution in [0.1, 0.15) is 51.5 Å². The third-order valence-corrected chi connectivity index (χ3v) is 4.78. The number of nitrogens with one attached hydrogen (secondary N) is 2. The first-order valence-electron chi connectivity index (χ1n) is 8.72. The van der Waals surface area contributed by atoms with Gasteiger partial charge in [-0.05, 0) is 44.6 Å². The Morgan fingerprint density at radius 2 is 1.61 bits per heavy atom. The molecule has 2 rings (SSSR count). The number of benzene rings is 1. The summed E-state index contributed by atoms with van der Waals surface area (Å²) in [6.07, 6.45) is 4.18. The molecule has 1 aliphatic carbocycles. The second-order valence-electron chi connectivity index (χ2n) is 6.57. The van der Waals surface area contributed by atoms with E-state index < -0.39 is 0 Å². The largest absolute Gasteiger partial charge is 0.353 e. The normalized spacial score (nSPS) is 22.2. The van der Waals surface area contributed by atoms with Crippen molar-refractivity contribution in [3.8, 4) is 0 Å². The third kappa shape index (κ3) is 5.38. The fourth-order valence-corrected chi connectivity index (χ4v) is 3.01. The highest BCUT2D eigenvalue weighted by molar-refractivity contribution is 5.81. The summed E-state index contributed by atoms with van der Waals surface area (Å²) in [5.41, 5.74) is 1.11. The van der Waals surface area contributed by atoms with Crippen LogP contribution >= 0.6 is 0 Å². The molecule has 1 unspecified atom stereocenters. The predicted octanol–water partition coefficient (Wildman–Crippen LogP) is 3.02. The van der Waals surface area contributed by atoms with Gasteiger partial charge >= 0.3 is 0 Å². The van der Waals surface area contributed by atoms with E-state index in [9.17, 15) is 9.59 Å². The first-order valence-corrected chi connectivity index (χ1v) is 8.72. The maximum Gasteiger partial charge on any atom is 0.223 e. The van der Waals surface area contributed by atoms with E-state index in [-0.39, 0.29) is 29.7 Å². The summed E-state index contributed by atoms with van der Waals surface area (Å²) in [7, 11) is 0. The summed E-state index contributed by atoms with van der Waals surface area (Å²) in [6.45, 7) is 4.67. The lowest BCUT2D eigenvalue weighted by Gasteiger charge is -2.28. The van der Waals surface area contributed by atoms with E-state index in [1.165, 1.54) is 0 Å². The minimum Gasteiger partial charge on any atom is -0.353 e. The first-order chi connectivity index (χ1) is 11.1. The summed E-state index contributed by atoms with van der Waals surface area (Å²) >= 11 is 0. The molecule has 0 spiro atoms. The first kappa shape index (κ1) is 17.5. The Balaban J connectivity index is 1.73. The highest BCUT2D eigenvalue weighted by Gasteiger charge is 2.30. The molecule has 2 amide bonds. The lowest BCUT2D eigenvalue weighted by molar-refractivity contribution is -0.131. The van der Waals surface area contributed by atoms with Gasteiger partial charge in [-0.15, -0.1) is 0 Å². The van der Waals surface area contributed by atoms with Gasteiger partial charge in [-0.1, -0.05) is 37.3 Å². The highest BCUT2D eigenvalue weighted by Crippen LogP contribution is 2.29. The molecule has 0 bridgehead atoms. The lowest BCUT2D eigenvalue weighted by Crippen LogP contribution is -2.40. The van der Waals surface area contributed by atoms with Gasteiger partial charge in [-0.25, -0.2) is 0 Å². The fourth-order valence-electron chi connectivity index (χ4n) is 3.01. The number of hydrogen-bond donors (Lipinski definition) is 2. The number of hydrogen-bond acceptors (Lipinski definition) is 2. The zero-order valence-electron chi connectivity index (χ0n) is 14.2. The van der Waals surface area contributed by atoms with E-state index in [0.717, 1.165) is 37.7 Å². The number of carbonyl (C=O) groups excluding carboxylic acids is 2. The minimum atomic E-state index is 0.0476. The molecule has 0 saturated heterocycles. The van der Waals surface area contributed by atoms with Crippen LogP contribution in [0.4, 0.5) is 0 Å². The molecule has 4 nitrogen and oxygen atoms in total. The Morgan fingerprint density at radius 1 is 1.04 bits per heavy atom. The predicted molar refractivity (Wildman–Crippen MR) is 91.6 cm³/mol. The van der Waals surface area contributed by atoms with E-state index in [2.05, 4.69) is 17.6 Å². The Hall–Kier alpha value is -1.84. The maximum atomic E-state index is 12.3. The van der Waals surface area contributed by atoms with Crippen molar-refractivity contribution in [3.63, 3.8) is 0 Å². The van der Waals surface area contributed by atoms with Crippen LogP contribution in [0.3, 0.4) is 0 Å². The zero-order chi connectivity index (χ0) is 16.7. The third-order valence-electron chi connectivity index (χ3n) is 4.78. The van der Waals surface area contributed by atoms with Crippen LogP contribution in [0.5, 0.6) is 0 Å². The van der Waals surface area contributed by atoms with Crippen LogP contribution in [0.2, 0.25) is 0 Å². The second kappa shape index (κ2) is 8.70. The Bertz CT molecular complexity index is 507. The molecular weight excluding hydrogens is 288 g/mol. The van der Waals surface area contributed by atoms with Crippen LogP contribution in [0.15, 0.2) is 30.3 Å². The van der Waals surface area contributed by atoms with Crippen LogP contribution in [-0.2, 0) is 16.1 Å². The maximum absolute atomic E-state index is 12.3. The summed E-state index contributed by atoms with van der Waals surface area (Å²) in [5, 5.41) is 6.07. The van der Waals surface area contributed by atoms with Gasteiger partial charge in [0, 0.05) is 24.4 Å². The van der Waals surface area contributed by atoms with E-state index in [0.29, 0.717) is 6.54 Å². The molecular formula is C19H28N2O2. The van der Waals surface area contributed by atoms with E-state index >= 15 is 0 Å². The molecule has 1 saturated carbocycles. The monoisotopic (exact) mass is 316 g/mol. The topological polar surface area (TPSA) is 58.2 Å².